The molecule has 0 bridgehead atoms. The Morgan fingerprint density at radius 3 is 2.71 bits per heavy atom. The molecule has 4 nitrogen and oxygen atoms in total. The van der Waals surface area contributed by atoms with E-state index < -0.39 is 0 Å². The van der Waals surface area contributed by atoms with Gasteiger partial charge in [-0.2, -0.15) is 0 Å². The molecule has 1 aromatic rings. The molecule has 0 radical (unpaired) electrons. The summed E-state index contributed by atoms with van der Waals surface area (Å²) in [4.78, 5) is 15.7. The minimum atomic E-state index is 0.0207. The van der Waals surface area contributed by atoms with Crippen LogP contribution in [0, 0.1) is 6.92 Å². The third-order valence-electron chi connectivity index (χ3n) is 2.19. The first-order valence-electron chi connectivity index (χ1n) is 5.84. The second-order valence-electron chi connectivity index (χ2n) is 5.16. The van der Waals surface area contributed by atoms with Crippen LogP contribution in [0.1, 0.15) is 32.9 Å². The maximum absolute atomic E-state index is 11.6. The Morgan fingerprint density at radius 1 is 1.41 bits per heavy atom. The fourth-order valence-corrected chi connectivity index (χ4v) is 1.40. The highest BCUT2D eigenvalue weighted by Crippen LogP contribution is 2.07. The van der Waals surface area contributed by atoms with Crippen molar-refractivity contribution < 1.29 is 4.79 Å². The number of amides is 1. The van der Waals surface area contributed by atoms with Gasteiger partial charge in [-0.05, 0) is 39.8 Å². The van der Waals surface area contributed by atoms with Gasteiger partial charge in [-0.15, -0.1) is 0 Å². The van der Waals surface area contributed by atoms with Crippen LogP contribution in [-0.2, 0) is 4.79 Å². The first-order chi connectivity index (χ1) is 7.87. The summed E-state index contributed by atoms with van der Waals surface area (Å²) in [5.74, 6) is 0.0207. The van der Waals surface area contributed by atoms with Crippen LogP contribution >= 0.6 is 0 Å². The van der Waals surface area contributed by atoms with E-state index >= 15 is 0 Å². The quantitative estimate of drug-likeness (QED) is 0.840. The number of nitrogens with one attached hydrogen (secondary N) is 2. The van der Waals surface area contributed by atoms with E-state index in [9.17, 15) is 4.79 Å². The van der Waals surface area contributed by atoms with E-state index in [2.05, 4.69) is 36.4 Å². The summed E-state index contributed by atoms with van der Waals surface area (Å²) in [5, 5.41) is 6.13. The number of aromatic nitrogens is 1. The van der Waals surface area contributed by atoms with Crippen molar-refractivity contribution in [1.29, 1.82) is 0 Å². The largest absolute Gasteiger partial charge is 0.326 e. The zero-order valence-electron chi connectivity index (χ0n) is 11.0. The lowest BCUT2D eigenvalue weighted by molar-refractivity contribution is -0.116. The summed E-state index contributed by atoms with van der Waals surface area (Å²) < 4.78 is 0. The van der Waals surface area contributed by atoms with Gasteiger partial charge in [0.05, 0.1) is 0 Å². The molecule has 0 atom stereocenters. The van der Waals surface area contributed by atoms with Crippen LogP contribution in [0.2, 0.25) is 0 Å². The van der Waals surface area contributed by atoms with Gasteiger partial charge < -0.3 is 10.6 Å². The van der Waals surface area contributed by atoms with Crippen LogP contribution in [0.5, 0.6) is 0 Å². The molecular weight excluding hydrogens is 214 g/mol. The number of nitrogens with zero attached hydrogens (tertiary/aromatic N) is 1. The van der Waals surface area contributed by atoms with Crippen molar-refractivity contribution in [3.8, 4) is 0 Å². The molecule has 0 fully saturated rings. The number of rotatable bonds is 4. The smallest absolute Gasteiger partial charge is 0.225 e. The lowest BCUT2D eigenvalue weighted by atomic mass is 10.1. The van der Waals surface area contributed by atoms with Crippen LogP contribution in [0.25, 0.3) is 0 Å². The molecule has 1 aromatic heterocycles. The van der Waals surface area contributed by atoms with Crippen molar-refractivity contribution >= 4 is 11.6 Å². The molecule has 0 aliphatic heterocycles. The van der Waals surface area contributed by atoms with E-state index in [-0.39, 0.29) is 11.4 Å². The van der Waals surface area contributed by atoms with Crippen LogP contribution in [0.4, 0.5) is 5.69 Å². The Balaban J connectivity index is 2.35. The zero-order chi connectivity index (χ0) is 12.9. The van der Waals surface area contributed by atoms with Crippen molar-refractivity contribution in [2.45, 2.75) is 39.7 Å². The predicted molar refractivity (Wildman–Crippen MR) is 70.0 cm³/mol. The van der Waals surface area contributed by atoms with Gasteiger partial charge in [0, 0.05) is 36.1 Å². The Kier molecular flexibility index (Phi) is 4.63. The number of carbonyl (C=O) groups excluding carboxylic acids is 1. The van der Waals surface area contributed by atoms with Crippen LogP contribution < -0.4 is 10.6 Å². The van der Waals surface area contributed by atoms with Gasteiger partial charge in [-0.25, -0.2) is 0 Å². The molecule has 2 N–H and O–H groups in total. The molecule has 0 aromatic carbocycles. The number of anilines is 1. The number of pyridine rings is 1. The molecule has 1 rings (SSSR count). The number of hydrogen-bond acceptors (Lipinski definition) is 3. The maximum atomic E-state index is 11.6. The molecule has 1 amide bonds. The molecule has 0 spiro atoms. The van der Waals surface area contributed by atoms with Gasteiger partial charge in [0.2, 0.25) is 5.91 Å². The number of carbonyl (C=O) groups is 1. The summed E-state index contributed by atoms with van der Waals surface area (Å²) in [5.41, 5.74) is 1.75. The van der Waals surface area contributed by atoms with E-state index in [1.165, 1.54) is 0 Å². The third kappa shape index (κ3) is 6.02. The third-order valence-corrected chi connectivity index (χ3v) is 2.19. The molecule has 0 saturated heterocycles. The normalized spacial score (nSPS) is 11.3. The highest BCUT2D eigenvalue weighted by molar-refractivity contribution is 5.90. The first kappa shape index (κ1) is 13.6. The topological polar surface area (TPSA) is 54.0 Å². The lowest BCUT2D eigenvalue weighted by Crippen LogP contribution is -2.37. The Labute approximate surface area is 103 Å². The number of aryl methyl sites for hydroxylation is 1. The minimum absolute atomic E-state index is 0.0207. The summed E-state index contributed by atoms with van der Waals surface area (Å²) in [6.45, 7) is 8.82. The van der Waals surface area contributed by atoms with E-state index in [0.29, 0.717) is 13.0 Å². The highest BCUT2D eigenvalue weighted by atomic mass is 16.1. The highest BCUT2D eigenvalue weighted by Gasteiger charge is 2.09. The SMILES string of the molecule is Cc1cc(NC(=O)CCNC(C)(C)C)ccn1. The van der Waals surface area contributed by atoms with E-state index in [1.54, 1.807) is 12.3 Å². The van der Waals surface area contributed by atoms with Crippen LogP contribution in [0.3, 0.4) is 0 Å². The summed E-state index contributed by atoms with van der Waals surface area (Å²) in [7, 11) is 0. The standard InChI is InChI=1S/C13H21N3O/c1-10-9-11(5-7-14-10)16-12(17)6-8-15-13(2,3)4/h5,7,9,15H,6,8H2,1-4H3,(H,14,16,17). The average Bonchev–Trinajstić information content (AvgIpc) is 2.15. The first-order valence-corrected chi connectivity index (χ1v) is 5.84. The van der Waals surface area contributed by atoms with E-state index in [0.717, 1.165) is 11.4 Å². The van der Waals surface area contributed by atoms with E-state index in [4.69, 9.17) is 0 Å². The average molecular weight is 235 g/mol. The lowest BCUT2D eigenvalue weighted by Gasteiger charge is -2.20. The molecule has 0 saturated carbocycles. The van der Waals surface area contributed by atoms with Gasteiger partial charge in [-0.3, -0.25) is 9.78 Å². The number of hydrogen-bond donors (Lipinski definition) is 2. The van der Waals surface area contributed by atoms with Gasteiger partial charge in [0.15, 0.2) is 0 Å². The van der Waals surface area contributed by atoms with Crippen molar-refractivity contribution in [3.05, 3.63) is 24.0 Å². The Bertz CT molecular complexity index is 382. The maximum Gasteiger partial charge on any atom is 0.225 e. The summed E-state index contributed by atoms with van der Waals surface area (Å²) in [6, 6.07) is 3.65. The van der Waals surface area contributed by atoms with Crippen molar-refractivity contribution in [1.82, 2.24) is 10.3 Å². The minimum Gasteiger partial charge on any atom is -0.326 e. The van der Waals surface area contributed by atoms with Gasteiger partial charge in [0.25, 0.3) is 0 Å². The molecule has 17 heavy (non-hydrogen) atoms. The predicted octanol–water partition coefficient (Wildman–Crippen LogP) is 2.11. The van der Waals surface area contributed by atoms with E-state index in [1.807, 2.05) is 13.0 Å². The van der Waals surface area contributed by atoms with Gasteiger partial charge in [0.1, 0.15) is 0 Å². The van der Waals surface area contributed by atoms with Gasteiger partial charge >= 0.3 is 0 Å². The molecule has 0 aliphatic carbocycles. The molecule has 4 heteroatoms. The summed E-state index contributed by atoms with van der Waals surface area (Å²) in [6.07, 6.45) is 2.16. The van der Waals surface area contributed by atoms with Crippen LogP contribution in [-0.4, -0.2) is 23.0 Å². The second-order valence-corrected chi connectivity index (χ2v) is 5.16. The fraction of sp³-hybridized carbons (Fsp3) is 0.538. The Hall–Kier alpha value is -1.42. The molecule has 0 unspecified atom stereocenters. The molecule has 1 heterocycles. The van der Waals surface area contributed by atoms with Crippen LogP contribution in [0.15, 0.2) is 18.3 Å². The summed E-state index contributed by atoms with van der Waals surface area (Å²) >= 11 is 0. The molecular formula is C13H21N3O. The van der Waals surface area contributed by atoms with Crippen molar-refractivity contribution in [2.24, 2.45) is 0 Å². The van der Waals surface area contributed by atoms with Crippen molar-refractivity contribution in [3.63, 3.8) is 0 Å². The van der Waals surface area contributed by atoms with Crippen molar-refractivity contribution in [2.75, 3.05) is 11.9 Å². The monoisotopic (exact) mass is 235 g/mol. The zero-order valence-corrected chi connectivity index (χ0v) is 11.0. The Morgan fingerprint density at radius 2 is 2.12 bits per heavy atom. The fourth-order valence-electron chi connectivity index (χ4n) is 1.40. The molecule has 94 valence electrons. The van der Waals surface area contributed by atoms with Gasteiger partial charge in [-0.1, -0.05) is 0 Å². The molecule has 0 aliphatic rings. The second kappa shape index (κ2) is 5.77.